The molecule has 0 saturated carbocycles. The van der Waals surface area contributed by atoms with Gasteiger partial charge in [0.15, 0.2) is 0 Å². The van der Waals surface area contributed by atoms with E-state index in [1.165, 1.54) is 44.9 Å². The van der Waals surface area contributed by atoms with Crippen molar-refractivity contribution in [2.24, 2.45) is 0 Å². The van der Waals surface area contributed by atoms with Gasteiger partial charge < -0.3 is 25.0 Å². The van der Waals surface area contributed by atoms with Crippen molar-refractivity contribution >= 4 is 81.0 Å². The summed E-state index contributed by atoms with van der Waals surface area (Å²) in [4.78, 5) is 12.7. The normalized spacial score (nSPS) is 14.3. The van der Waals surface area contributed by atoms with Gasteiger partial charge in [0.2, 0.25) is 5.84 Å². The Balaban J connectivity index is -0.00000320. The molecule has 34 heavy (non-hydrogen) atoms. The molecule has 1 aliphatic heterocycles. The van der Waals surface area contributed by atoms with Crippen LogP contribution in [0.25, 0.3) is 0 Å². The van der Waals surface area contributed by atoms with Crippen molar-refractivity contribution in [1.82, 2.24) is 4.90 Å². The molecule has 0 aromatic rings. The first kappa shape index (κ1) is 39.2. The van der Waals surface area contributed by atoms with Crippen LogP contribution >= 0.6 is 0 Å². The summed E-state index contributed by atoms with van der Waals surface area (Å²) in [5, 5.41) is 18.7. The van der Waals surface area contributed by atoms with Crippen LogP contribution in [0.15, 0.2) is 0 Å². The number of aliphatic carboxylic acids is 1. The van der Waals surface area contributed by atoms with Gasteiger partial charge in [-0.3, -0.25) is 9.48 Å². The average molecular weight is 529 g/mol. The number of β-amino-alcohol motifs (C(OH)–C–C–N with tert-alkyl or cyclic N) is 1. The van der Waals surface area contributed by atoms with Gasteiger partial charge in [0, 0.05) is 65.5 Å². The fourth-order valence-corrected chi connectivity index (χ4v) is 4.50. The zero-order valence-electron chi connectivity index (χ0n) is 21.3. The number of nitrogens with zero attached hydrogens (tertiary/aromatic N) is 2. The minimum absolute atomic E-state index is 0. The molecule has 0 amide bonds. The maximum Gasteiger partial charge on any atom is 0.329 e. The van der Waals surface area contributed by atoms with Crippen molar-refractivity contribution in [2.75, 3.05) is 45.1 Å². The molecule has 0 saturated heterocycles. The van der Waals surface area contributed by atoms with Crippen molar-refractivity contribution in [3.63, 3.8) is 0 Å². The zero-order valence-corrected chi connectivity index (χ0v) is 26.2. The van der Waals surface area contributed by atoms with E-state index in [1.54, 1.807) is 0 Å². The van der Waals surface area contributed by atoms with Gasteiger partial charge in [-0.1, -0.05) is 58.3 Å². The summed E-state index contributed by atoms with van der Waals surface area (Å²) in [7, 11) is -4.48. The first-order valence-corrected chi connectivity index (χ1v) is 13.1. The number of carboxylic acid groups (broad SMARTS) is 1. The average Bonchev–Trinajstić information content (AvgIpc) is 3.03. The second-order valence-corrected chi connectivity index (χ2v) is 9.70. The van der Waals surface area contributed by atoms with E-state index in [0.29, 0.717) is 19.6 Å². The van der Waals surface area contributed by atoms with Gasteiger partial charge in [-0.15, -0.1) is 0 Å². The smallest absolute Gasteiger partial charge is 0.329 e. The molecule has 2 radical (unpaired) electrons. The van der Waals surface area contributed by atoms with E-state index in [4.69, 9.17) is 9.84 Å². The molecule has 0 spiro atoms. The first-order valence-electron chi connectivity index (χ1n) is 11.5. The van der Waals surface area contributed by atoms with Crippen LogP contribution in [0, 0.1) is 0 Å². The molecule has 0 aromatic heterocycles. The number of hydrogen-bond acceptors (Lipinski definition) is 7. The van der Waals surface area contributed by atoms with Crippen LogP contribution in [0.3, 0.4) is 0 Å². The summed E-state index contributed by atoms with van der Waals surface area (Å²) >= 11 is 0. The van der Waals surface area contributed by atoms with Crippen LogP contribution in [-0.4, -0.2) is 160 Å². The minimum Gasteiger partial charge on any atom is -0.748 e. The van der Waals surface area contributed by atoms with E-state index in [-0.39, 0.29) is 84.3 Å². The third-order valence-corrected chi connectivity index (χ3v) is 6.23. The molecule has 0 aliphatic carbocycles. The molecule has 1 unspecified atom stereocenters. The zero-order chi connectivity index (χ0) is 23.1. The number of unbranched alkanes of at least 4 members (excludes halogenated alkanes) is 8. The van der Waals surface area contributed by atoms with Gasteiger partial charge >= 0.3 is 5.97 Å². The summed E-state index contributed by atoms with van der Waals surface area (Å²) in [6.07, 6.45) is 10.5. The molecule has 192 valence electrons. The standard InChI is InChI=1S/C21H40N2O7S.2Na.H2O/c1-2-3-4-5-6-7-8-9-10-11-20-22(14-15-30-17-21(25)26)12-13-23(20)16-19(24)18-31(27,28)29;;;/h19,24H,2-18H2,1H3,(H-,25,26,27,28,29);;;1H2. The van der Waals surface area contributed by atoms with E-state index in [2.05, 4.69) is 11.8 Å². The molecule has 1 atom stereocenters. The summed E-state index contributed by atoms with van der Waals surface area (Å²) in [5.74, 6) is -0.801. The summed E-state index contributed by atoms with van der Waals surface area (Å²) < 4.78 is 39.9. The number of rotatable bonds is 19. The molecule has 4 N–H and O–H groups in total. The Bertz CT molecular complexity index is 665. The monoisotopic (exact) mass is 528 g/mol. The van der Waals surface area contributed by atoms with Gasteiger partial charge in [-0.25, -0.2) is 13.2 Å². The fraction of sp³-hybridized carbons (Fsp3) is 0.905. The SMILES string of the molecule is CCCCCCCCCCCC1=[N+](CC(O)CS(=O)(=O)[O-])CCN1CCOCC(=O)O.O.[Na].[Na]. The number of carboxylic acids is 1. The Morgan fingerprint density at radius 1 is 1.12 bits per heavy atom. The van der Waals surface area contributed by atoms with Crippen molar-refractivity contribution in [2.45, 2.75) is 77.2 Å². The number of amidine groups is 1. The number of hydrogen-bond donors (Lipinski definition) is 2. The molecule has 13 heteroatoms. The van der Waals surface area contributed by atoms with E-state index in [1.807, 2.05) is 4.58 Å². The third-order valence-electron chi connectivity index (χ3n) is 5.43. The molecule has 1 heterocycles. The molecule has 1 rings (SSSR count). The van der Waals surface area contributed by atoms with Crippen LogP contribution in [-0.2, 0) is 19.6 Å². The molecule has 1 aliphatic rings. The van der Waals surface area contributed by atoms with E-state index >= 15 is 0 Å². The Hall–Kier alpha value is 0.730. The van der Waals surface area contributed by atoms with Gasteiger partial charge in [0.1, 0.15) is 38.9 Å². The Kier molecular flexibility index (Phi) is 26.4. The largest absolute Gasteiger partial charge is 0.748 e. The first-order chi connectivity index (χ1) is 14.7. The third kappa shape index (κ3) is 19.9. The maximum atomic E-state index is 10.9. The van der Waals surface area contributed by atoms with Crippen LogP contribution in [0.4, 0.5) is 0 Å². The molecular formula is C21H42N2Na2O8S. The van der Waals surface area contributed by atoms with Gasteiger partial charge in [0.25, 0.3) is 0 Å². The van der Waals surface area contributed by atoms with Crippen LogP contribution in [0.2, 0.25) is 0 Å². The van der Waals surface area contributed by atoms with E-state index < -0.39 is 27.9 Å². The number of aliphatic hydroxyl groups excluding tert-OH is 1. The fourth-order valence-electron chi connectivity index (χ4n) is 3.92. The van der Waals surface area contributed by atoms with Gasteiger partial charge in [-0.05, 0) is 6.42 Å². The quantitative estimate of drug-likeness (QED) is 0.103. The summed E-state index contributed by atoms with van der Waals surface area (Å²) in [6, 6.07) is 0. The van der Waals surface area contributed by atoms with Crippen molar-refractivity contribution < 1.29 is 42.8 Å². The number of carbonyl (C=O) groups is 1. The maximum absolute atomic E-state index is 10.9. The molecule has 0 fully saturated rings. The second-order valence-electron chi connectivity index (χ2n) is 8.25. The van der Waals surface area contributed by atoms with Crippen LogP contribution in [0.5, 0.6) is 0 Å². The Morgan fingerprint density at radius 2 is 1.68 bits per heavy atom. The second kappa shape index (κ2) is 22.9. The number of ether oxygens (including phenoxy) is 1. The number of aliphatic hydroxyl groups is 1. The summed E-state index contributed by atoms with van der Waals surface area (Å²) in [5.41, 5.74) is 0. The predicted molar refractivity (Wildman–Crippen MR) is 133 cm³/mol. The molecule has 0 bridgehead atoms. The van der Waals surface area contributed by atoms with E-state index in [9.17, 15) is 22.9 Å². The predicted octanol–water partition coefficient (Wildman–Crippen LogP) is 0.0549. The van der Waals surface area contributed by atoms with E-state index in [0.717, 1.165) is 25.1 Å². The van der Waals surface area contributed by atoms with Crippen molar-refractivity contribution in [3.8, 4) is 0 Å². The van der Waals surface area contributed by atoms with Crippen molar-refractivity contribution in [3.05, 3.63) is 0 Å². The Morgan fingerprint density at radius 3 is 2.21 bits per heavy atom. The van der Waals surface area contributed by atoms with Gasteiger partial charge in [-0.2, -0.15) is 0 Å². The molecule has 0 aromatic carbocycles. The topological polar surface area (TPSA) is 162 Å². The Labute approximate surface area is 249 Å². The molecule has 10 nitrogen and oxygen atoms in total. The minimum atomic E-state index is -4.48. The van der Waals surface area contributed by atoms with Crippen molar-refractivity contribution in [1.29, 1.82) is 0 Å². The van der Waals surface area contributed by atoms with Crippen LogP contribution < -0.4 is 0 Å². The molecular weight excluding hydrogens is 486 g/mol. The van der Waals surface area contributed by atoms with Crippen LogP contribution in [0.1, 0.15) is 71.1 Å². The summed E-state index contributed by atoms with van der Waals surface area (Å²) in [6.45, 7) is 4.10. The van der Waals surface area contributed by atoms with Gasteiger partial charge in [0.05, 0.1) is 22.5 Å².